The van der Waals surface area contributed by atoms with Crippen LogP contribution < -0.4 is 0 Å². The molecule has 0 bridgehead atoms. The molecule has 0 atom stereocenters. The molecule has 0 saturated heterocycles. The topological polar surface area (TPSA) is 134 Å². The molecule has 0 fully saturated rings. The van der Waals surface area contributed by atoms with Gasteiger partial charge in [0.25, 0.3) is 0 Å². The molecule has 6 rings (SSSR count). The summed E-state index contributed by atoms with van der Waals surface area (Å²) in [5, 5.41) is 31.2. The number of carboxylic acid groups (broad SMARTS) is 1. The molecule has 45 heavy (non-hydrogen) atoms. The van der Waals surface area contributed by atoms with Gasteiger partial charge in [-0.1, -0.05) is 54.9 Å². The molecule has 0 aliphatic rings. The number of benzene rings is 4. The molecule has 6 aromatic rings. The van der Waals surface area contributed by atoms with Gasteiger partial charge < -0.3 is 25.3 Å². The van der Waals surface area contributed by atoms with E-state index in [1.54, 1.807) is 30.6 Å². The van der Waals surface area contributed by atoms with Gasteiger partial charge in [-0.3, -0.25) is 14.8 Å². The molecule has 5 N–H and O–H groups in total. The summed E-state index contributed by atoms with van der Waals surface area (Å²) in [7, 11) is 0. The van der Waals surface area contributed by atoms with Crippen LogP contribution in [-0.4, -0.2) is 43.7 Å². The Morgan fingerprint density at radius 1 is 0.800 bits per heavy atom. The Hall–Kier alpha value is -5.34. The minimum Gasteiger partial charge on any atom is -0.494 e. The molecule has 2 heterocycles. The lowest BCUT2D eigenvalue weighted by molar-refractivity contribution is -0.136. The predicted molar refractivity (Wildman–Crippen MR) is 182 cm³/mol. The number of aromatic hydroxyl groups is 2. The minimum atomic E-state index is -0.814. The number of halogens is 1. The van der Waals surface area contributed by atoms with Crippen LogP contribution in [0.5, 0.6) is 11.8 Å². The van der Waals surface area contributed by atoms with Crippen LogP contribution >= 0.6 is 11.6 Å². The van der Waals surface area contributed by atoms with Crippen LogP contribution in [0.2, 0.25) is 5.02 Å². The summed E-state index contributed by atoms with van der Waals surface area (Å²) in [6.07, 6.45) is 4.89. The predicted octanol–water partition coefficient (Wildman–Crippen LogP) is 8.79. The molecule has 228 valence electrons. The number of aliphatic carboxylic acids is 1. The molecule has 0 amide bonds. The Kier molecular flexibility index (Phi) is 9.65. The van der Waals surface area contributed by atoms with Crippen LogP contribution in [0.25, 0.3) is 21.8 Å². The molecule has 4 aromatic carbocycles. The van der Waals surface area contributed by atoms with Gasteiger partial charge in [-0.15, -0.1) is 0 Å². The first kappa shape index (κ1) is 31.1. The van der Waals surface area contributed by atoms with E-state index in [-0.39, 0.29) is 18.2 Å². The van der Waals surface area contributed by atoms with E-state index in [4.69, 9.17) is 16.7 Å². The molecule has 0 aliphatic carbocycles. The monoisotopic (exact) mass is 620 g/mol. The maximum absolute atomic E-state index is 10.6. The molecule has 2 aromatic heterocycles. The number of H-pyrrole nitrogens is 2. The van der Waals surface area contributed by atoms with E-state index in [9.17, 15) is 15.0 Å². The largest absolute Gasteiger partial charge is 0.494 e. The smallest absolute Gasteiger partial charge is 0.303 e. The number of hydrogen-bond donors (Lipinski definition) is 5. The Bertz CT molecular complexity index is 2020. The Morgan fingerprint density at radius 2 is 1.49 bits per heavy atom. The van der Waals surface area contributed by atoms with Gasteiger partial charge in [0.1, 0.15) is 0 Å². The quantitative estimate of drug-likeness (QED) is 0.109. The SMILES string of the molecule is CCc1cccc(N=Cc2c(O)[nH]c3cccc(C)c23)c1.O=C(O)CCc1ccc(N=Cc2c(O)[nH]c3ccc(Cl)cc23)cc1. The molecule has 0 unspecified atom stereocenters. The standard InChI is InChI=1S/C18H15ClN2O3.C18H18N2O/c19-12-4-7-16-14(9-12)15(18(24)21-16)10-20-13-5-1-11(2-6-13)3-8-17(22)23;1-3-13-7-5-8-14(10-13)19-11-15-17-12(2)6-4-9-16(17)20-18(15)21/h1-2,4-7,9-10,21,24H,3,8H2,(H,22,23);4-11,20-21H,3H2,1-2H3. The van der Waals surface area contributed by atoms with Crippen molar-refractivity contribution in [3.63, 3.8) is 0 Å². The van der Waals surface area contributed by atoms with Crippen molar-refractivity contribution in [2.45, 2.75) is 33.1 Å². The van der Waals surface area contributed by atoms with Crippen LogP contribution in [-0.2, 0) is 17.6 Å². The van der Waals surface area contributed by atoms with Crippen molar-refractivity contribution in [3.8, 4) is 11.8 Å². The number of aromatic amines is 2. The summed E-state index contributed by atoms with van der Waals surface area (Å²) in [4.78, 5) is 25.3. The van der Waals surface area contributed by atoms with Crippen molar-refractivity contribution in [2.75, 3.05) is 0 Å². The maximum atomic E-state index is 10.6. The van der Waals surface area contributed by atoms with Gasteiger partial charge in [0.2, 0.25) is 0 Å². The van der Waals surface area contributed by atoms with Gasteiger partial charge in [0.15, 0.2) is 11.8 Å². The van der Waals surface area contributed by atoms with Crippen LogP contribution in [0.4, 0.5) is 11.4 Å². The number of fused-ring (bicyclic) bond motifs is 2. The Morgan fingerprint density at radius 3 is 2.24 bits per heavy atom. The third-order valence-corrected chi connectivity index (χ3v) is 7.63. The van der Waals surface area contributed by atoms with Crippen molar-refractivity contribution >= 4 is 63.2 Å². The van der Waals surface area contributed by atoms with Crippen molar-refractivity contribution < 1.29 is 20.1 Å². The zero-order valence-electron chi connectivity index (χ0n) is 24.9. The van der Waals surface area contributed by atoms with E-state index in [0.29, 0.717) is 22.7 Å². The third kappa shape index (κ3) is 7.60. The summed E-state index contributed by atoms with van der Waals surface area (Å²) in [5.74, 6) is -0.616. The first-order valence-electron chi connectivity index (χ1n) is 14.5. The molecule has 0 radical (unpaired) electrons. The summed E-state index contributed by atoms with van der Waals surface area (Å²) in [6.45, 7) is 4.16. The molecule has 0 aliphatic heterocycles. The minimum absolute atomic E-state index is 0.0362. The fourth-order valence-electron chi connectivity index (χ4n) is 5.00. The normalized spacial score (nSPS) is 11.4. The summed E-state index contributed by atoms with van der Waals surface area (Å²) in [6, 6.07) is 26.7. The number of aromatic nitrogens is 2. The van der Waals surface area contributed by atoms with Crippen molar-refractivity contribution in [1.82, 2.24) is 9.97 Å². The van der Waals surface area contributed by atoms with Crippen LogP contribution in [0.15, 0.2) is 94.9 Å². The number of carboxylic acids is 1. The van der Waals surface area contributed by atoms with Gasteiger partial charge in [-0.2, -0.15) is 0 Å². The number of aliphatic imine (C=N–C) groups is 2. The summed E-state index contributed by atoms with van der Waals surface area (Å²) < 4.78 is 0. The van der Waals surface area contributed by atoms with Gasteiger partial charge in [-0.25, -0.2) is 0 Å². The van der Waals surface area contributed by atoms with Crippen molar-refractivity contribution in [3.05, 3.63) is 118 Å². The van der Waals surface area contributed by atoms with Crippen LogP contribution in [0.3, 0.4) is 0 Å². The van der Waals surface area contributed by atoms with Gasteiger partial charge in [0.05, 0.1) is 22.5 Å². The number of rotatable bonds is 8. The zero-order valence-corrected chi connectivity index (χ0v) is 25.6. The lowest BCUT2D eigenvalue weighted by atomic mass is 10.1. The second kappa shape index (κ2) is 14.0. The summed E-state index contributed by atoms with van der Waals surface area (Å²) in [5.41, 5.74) is 7.95. The average molecular weight is 621 g/mol. The van der Waals surface area contributed by atoms with Gasteiger partial charge in [0, 0.05) is 45.7 Å². The van der Waals surface area contributed by atoms with E-state index < -0.39 is 5.97 Å². The fourth-order valence-corrected chi connectivity index (χ4v) is 5.18. The van der Waals surface area contributed by atoms with Gasteiger partial charge >= 0.3 is 5.97 Å². The summed E-state index contributed by atoms with van der Waals surface area (Å²) >= 11 is 6.00. The maximum Gasteiger partial charge on any atom is 0.303 e. The van der Waals surface area contributed by atoms with Crippen LogP contribution in [0.1, 0.15) is 41.2 Å². The second-order valence-electron chi connectivity index (χ2n) is 10.6. The lowest BCUT2D eigenvalue weighted by Gasteiger charge is -1.99. The van der Waals surface area contributed by atoms with Gasteiger partial charge in [-0.05, 0) is 85.0 Å². The van der Waals surface area contributed by atoms with E-state index in [2.05, 4.69) is 39.0 Å². The first-order valence-corrected chi connectivity index (χ1v) is 14.9. The number of aryl methyl sites for hydroxylation is 3. The Labute approximate surface area is 265 Å². The number of nitrogens with one attached hydrogen (secondary N) is 2. The Balaban J connectivity index is 0.000000179. The molecule has 8 nitrogen and oxygen atoms in total. The number of hydrogen-bond acceptors (Lipinski definition) is 5. The lowest BCUT2D eigenvalue weighted by Crippen LogP contribution is -1.96. The second-order valence-corrected chi connectivity index (χ2v) is 11.0. The zero-order chi connectivity index (χ0) is 31.9. The highest BCUT2D eigenvalue weighted by Crippen LogP contribution is 2.30. The van der Waals surface area contributed by atoms with Crippen molar-refractivity contribution in [2.24, 2.45) is 9.98 Å². The first-order chi connectivity index (χ1) is 21.7. The van der Waals surface area contributed by atoms with E-state index in [1.807, 2.05) is 61.5 Å². The molecule has 9 heteroatoms. The fraction of sp³-hybridized carbons (Fsp3) is 0.139. The molecule has 0 saturated carbocycles. The highest BCUT2D eigenvalue weighted by Gasteiger charge is 2.11. The number of carbonyl (C=O) groups is 1. The van der Waals surface area contributed by atoms with E-state index in [0.717, 1.165) is 50.6 Å². The van der Waals surface area contributed by atoms with E-state index >= 15 is 0 Å². The van der Waals surface area contributed by atoms with Crippen molar-refractivity contribution in [1.29, 1.82) is 0 Å². The molecular weight excluding hydrogens is 588 g/mol. The average Bonchev–Trinajstić information content (AvgIpc) is 3.53. The highest BCUT2D eigenvalue weighted by atomic mass is 35.5. The molecular formula is C36H33ClN4O4. The van der Waals surface area contributed by atoms with Crippen LogP contribution in [0, 0.1) is 6.92 Å². The van der Waals surface area contributed by atoms with E-state index in [1.165, 1.54) is 5.56 Å². The molecule has 0 spiro atoms. The number of nitrogens with zero attached hydrogens (tertiary/aromatic N) is 2. The third-order valence-electron chi connectivity index (χ3n) is 7.40. The highest BCUT2D eigenvalue weighted by molar-refractivity contribution is 6.31.